The first-order valence-corrected chi connectivity index (χ1v) is 5.84. The number of allylic oxidation sites excluding steroid dienone is 2. The van der Waals surface area contributed by atoms with Gasteiger partial charge in [-0.1, -0.05) is 30.4 Å². The zero-order chi connectivity index (χ0) is 11.4. The van der Waals surface area contributed by atoms with E-state index in [1.165, 1.54) is 18.4 Å². The number of aliphatic hydroxyl groups is 2. The average Bonchev–Trinajstić information content (AvgIpc) is 2.39. The summed E-state index contributed by atoms with van der Waals surface area (Å²) in [5.41, 5.74) is 2.99. The highest BCUT2D eigenvalue weighted by Crippen LogP contribution is 2.29. The van der Waals surface area contributed by atoms with Crippen LogP contribution in [0.5, 0.6) is 0 Å². The lowest BCUT2D eigenvalue weighted by Gasteiger charge is -2.18. The van der Waals surface area contributed by atoms with E-state index >= 15 is 0 Å². The molecule has 2 heteroatoms. The number of aliphatic hydroxyl groups excluding tert-OH is 2. The van der Waals surface area contributed by atoms with E-state index in [0.29, 0.717) is 5.92 Å². The third kappa shape index (κ3) is 2.52. The molecule has 2 N–H and O–H groups in total. The quantitative estimate of drug-likeness (QED) is 0.765. The fraction of sp³-hybridized carbons (Fsp3) is 0.429. The highest BCUT2D eigenvalue weighted by molar-refractivity contribution is 5.34. The van der Waals surface area contributed by atoms with Gasteiger partial charge in [-0.15, -0.1) is 0 Å². The maximum absolute atomic E-state index is 9.18. The summed E-state index contributed by atoms with van der Waals surface area (Å²) in [5, 5.41) is 18.4. The van der Waals surface area contributed by atoms with Crippen molar-refractivity contribution in [1.82, 2.24) is 0 Å². The minimum absolute atomic E-state index is 0.0390. The largest absolute Gasteiger partial charge is 0.392 e. The van der Waals surface area contributed by atoms with Crippen LogP contribution in [-0.4, -0.2) is 10.2 Å². The number of hydrogen-bond donors (Lipinski definition) is 2. The molecule has 2 rings (SSSR count). The molecule has 0 saturated heterocycles. The number of benzene rings is 1. The van der Waals surface area contributed by atoms with E-state index in [-0.39, 0.29) is 13.2 Å². The van der Waals surface area contributed by atoms with Crippen LogP contribution >= 0.6 is 0 Å². The predicted molar refractivity (Wildman–Crippen MR) is 64.0 cm³/mol. The van der Waals surface area contributed by atoms with Crippen LogP contribution in [0.1, 0.15) is 41.9 Å². The van der Waals surface area contributed by atoms with E-state index in [1.807, 2.05) is 18.2 Å². The van der Waals surface area contributed by atoms with Gasteiger partial charge in [-0.3, -0.25) is 0 Å². The van der Waals surface area contributed by atoms with Gasteiger partial charge in [0.05, 0.1) is 13.2 Å². The first-order valence-electron chi connectivity index (χ1n) is 5.84. The number of hydrogen-bond acceptors (Lipinski definition) is 2. The molecule has 0 heterocycles. The third-order valence-corrected chi connectivity index (χ3v) is 3.12. The summed E-state index contributed by atoms with van der Waals surface area (Å²) in [7, 11) is 0. The van der Waals surface area contributed by atoms with Crippen molar-refractivity contribution in [3.05, 3.63) is 47.0 Å². The van der Waals surface area contributed by atoms with Crippen molar-refractivity contribution < 1.29 is 10.2 Å². The van der Waals surface area contributed by atoms with Crippen molar-refractivity contribution in [2.45, 2.75) is 38.4 Å². The molecule has 1 aromatic rings. The maximum Gasteiger partial charge on any atom is 0.0682 e. The van der Waals surface area contributed by atoms with Gasteiger partial charge in [-0.25, -0.2) is 0 Å². The van der Waals surface area contributed by atoms with E-state index in [2.05, 4.69) is 12.2 Å². The van der Waals surface area contributed by atoms with E-state index in [1.54, 1.807) is 0 Å². The Morgan fingerprint density at radius 2 is 1.75 bits per heavy atom. The van der Waals surface area contributed by atoms with E-state index < -0.39 is 0 Å². The van der Waals surface area contributed by atoms with Crippen LogP contribution in [0.4, 0.5) is 0 Å². The van der Waals surface area contributed by atoms with Gasteiger partial charge in [0.2, 0.25) is 0 Å². The van der Waals surface area contributed by atoms with Crippen LogP contribution in [0.15, 0.2) is 30.4 Å². The maximum atomic E-state index is 9.18. The number of rotatable bonds is 3. The molecular weight excluding hydrogens is 200 g/mol. The Morgan fingerprint density at radius 1 is 1.06 bits per heavy atom. The molecule has 1 aliphatic rings. The molecule has 0 saturated carbocycles. The molecule has 1 unspecified atom stereocenters. The molecule has 1 aliphatic carbocycles. The van der Waals surface area contributed by atoms with Gasteiger partial charge >= 0.3 is 0 Å². The normalized spacial score (nSPS) is 20.0. The Morgan fingerprint density at radius 3 is 2.25 bits per heavy atom. The second-order valence-electron chi connectivity index (χ2n) is 4.36. The molecule has 0 amide bonds. The van der Waals surface area contributed by atoms with Crippen LogP contribution < -0.4 is 0 Å². The molecular formula is C14H18O2. The highest BCUT2D eigenvalue weighted by atomic mass is 16.3. The molecule has 86 valence electrons. The zero-order valence-electron chi connectivity index (χ0n) is 9.39. The van der Waals surface area contributed by atoms with Crippen LogP contribution in [0, 0.1) is 0 Å². The van der Waals surface area contributed by atoms with Gasteiger partial charge in [0.15, 0.2) is 0 Å². The molecule has 1 aromatic carbocycles. The molecule has 0 fully saturated rings. The van der Waals surface area contributed by atoms with Gasteiger partial charge in [0.1, 0.15) is 0 Å². The third-order valence-electron chi connectivity index (χ3n) is 3.12. The smallest absolute Gasteiger partial charge is 0.0682 e. The summed E-state index contributed by atoms with van der Waals surface area (Å²) in [6.07, 6.45) is 8.01. The molecule has 1 atom stereocenters. The summed E-state index contributed by atoms with van der Waals surface area (Å²) in [6, 6.07) is 5.94. The van der Waals surface area contributed by atoms with Gasteiger partial charge in [0.25, 0.3) is 0 Å². The lowest BCUT2D eigenvalue weighted by atomic mass is 9.87. The second kappa shape index (κ2) is 5.28. The molecule has 2 nitrogen and oxygen atoms in total. The fourth-order valence-corrected chi connectivity index (χ4v) is 2.28. The second-order valence-corrected chi connectivity index (χ2v) is 4.36. The summed E-state index contributed by atoms with van der Waals surface area (Å²) in [4.78, 5) is 0. The van der Waals surface area contributed by atoms with Crippen molar-refractivity contribution in [1.29, 1.82) is 0 Å². The SMILES string of the molecule is OCc1cc(CO)cc(C2C=CCCC2)c1. The molecule has 0 radical (unpaired) electrons. The molecule has 0 aliphatic heterocycles. The van der Waals surface area contributed by atoms with Gasteiger partial charge < -0.3 is 10.2 Å². The van der Waals surface area contributed by atoms with E-state index in [4.69, 9.17) is 0 Å². The van der Waals surface area contributed by atoms with Gasteiger partial charge in [-0.05, 0) is 36.0 Å². The molecule has 16 heavy (non-hydrogen) atoms. The predicted octanol–water partition coefficient (Wildman–Crippen LogP) is 2.49. The topological polar surface area (TPSA) is 40.5 Å². The standard InChI is InChI=1S/C14H18O2/c15-9-11-6-12(10-16)8-14(7-11)13-4-2-1-3-5-13/h2,4,6-8,13,15-16H,1,3,5,9-10H2. The molecule has 0 bridgehead atoms. The lowest BCUT2D eigenvalue weighted by Crippen LogP contribution is -2.02. The van der Waals surface area contributed by atoms with Crippen molar-refractivity contribution in [2.75, 3.05) is 0 Å². The van der Waals surface area contributed by atoms with Crippen molar-refractivity contribution in [2.24, 2.45) is 0 Å². The van der Waals surface area contributed by atoms with Crippen molar-refractivity contribution >= 4 is 0 Å². The Hall–Kier alpha value is -1.12. The Labute approximate surface area is 96.2 Å². The monoisotopic (exact) mass is 218 g/mol. The molecule has 0 spiro atoms. The zero-order valence-corrected chi connectivity index (χ0v) is 9.39. The van der Waals surface area contributed by atoms with Gasteiger partial charge in [0, 0.05) is 5.92 Å². The average molecular weight is 218 g/mol. The van der Waals surface area contributed by atoms with Crippen LogP contribution in [0.3, 0.4) is 0 Å². The molecule has 0 aromatic heterocycles. The van der Waals surface area contributed by atoms with Crippen molar-refractivity contribution in [3.63, 3.8) is 0 Å². The Balaban J connectivity index is 2.31. The first-order chi connectivity index (χ1) is 7.83. The Kier molecular flexibility index (Phi) is 3.75. The minimum atomic E-state index is 0.0390. The summed E-state index contributed by atoms with van der Waals surface area (Å²) < 4.78 is 0. The lowest BCUT2D eigenvalue weighted by molar-refractivity contribution is 0.275. The van der Waals surface area contributed by atoms with Crippen molar-refractivity contribution in [3.8, 4) is 0 Å². The van der Waals surface area contributed by atoms with Crippen LogP contribution in [0.2, 0.25) is 0 Å². The van der Waals surface area contributed by atoms with E-state index in [9.17, 15) is 10.2 Å². The summed E-state index contributed by atoms with van der Waals surface area (Å²) in [6.45, 7) is 0.0779. The van der Waals surface area contributed by atoms with Gasteiger partial charge in [-0.2, -0.15) is 0 Å². The Bertz CT molecular complexity index is 360. The first kappa shape index (κ1) is 11.4. The minimum Gasteiger partial charge on any atom is -0.392 e. The summed E-state index contributed by atoms with van der Waals surface area (Å²) >= 11 is 0. The van der Waals surface area contributed by atoms with Crippen LogP contribution in [-0.2, 0) is 13.2 Å². The highest BCUT2D eigenvalue weighted by Gasteiger charge is 2.12. The van der Waals surface area contributed by atoms with Crippen LogP contribution in [0.25, 0.3) is 0 Å². The summed E-state index contributed by atoms with van der Waals surface area (Å²) in [5.74, 6) is 0.450. The van der Waals surface area contributed by atoms with E-state index in [0.717, 1.165) is 17.5 Å². The fourth-order valence-electron chi connectivity index (χ4n) is 2.28.